The van der Waals surface area contributed by atoms with Crippen molar-refractivity contribution in [2.45, 2.75) is 275 Å². The van der Waals surface area contributed by atoms with Gasteiger partial charge in [-0.15, -0.1) is 0 Å². The van der Waals surface area contributed by atoms with E-state index in [2.05, 4.69) is 26.0 Å². The molecule has 0 saturated carbocycles. The maximum atomic E-state index is 12.8. The molecule has 60 heavy (non-hydrogen) atoms. The summed E-state index contributed by atoms with van der Waals surface area (Å²) in [6.07, 6.45) is 37.9. The van der Waals surface area contributed by atoms with Crippen molar-refractivity contribution in [3.05, 3.63) is 12.2 Å². The quantitative estimate of drug-likeness (QED) is 0.0265. The van der Waals surface area contributed by atoms with Gasteiger partial charge in [-0.25, -0.2) is 0 Å². The van der Waals surface area contributed by atoms with Crippen molar-refractivity contribution < 1.29 is 49.0 Å². The van der Waals surface area contributed by atoms with Crippen LogP contribution < -0.4 is 0 Å². The van der Waals surface area contributed by atoms with Gasteiger partial charge in [-0.3, -0.25) is 9.59 Å². The van der Waals surface area contributed by atoms with Crippen LogP contribution in [0, 0.1) is 0 Å². The zero-order chi connectivity index (χ0) is 43.7. The molecular weight excluding hydrogens is 761 g/mol. The van der Waals surface area contributed by atoms with E-state index < -0.39 is 49.4 Å². The normalized spacial score (nSPS) is 19.9. The summed E-state index contributed by atoms with van der Waals surface area (Å²) in [6, 6.07) is 0. The van der Waals surface area contributed by atoms with Crippen molar-refractivity contribution >= 4 is 11.9 Å². The van der Waals surface area contributed by atoms with E-state index in [1.54, 1.807) is 0 Å². The third-order valence-corrected chi connectivity index (χ3v) is 11.9. The lowest BCUT2D eigenvalue weighted by atomic mass is 9.99. The lowest BCUT2D eigenvalue weighted by Gasteiger charge is -2.39. The Morgan fingerprint density at radius 3 is 1.32 bits per heavy atom. The SMILES string of the molecule is CCCCCC/C=C/CCCCCCCCCC(=O)OC[C@H](CO[C@@H]1O[C@H](CO)[C@H](O)C(O)C1O)OC(=O)CCCCCCCCCCCCCCCCCCCCCC. The third kappa shape index (κ3) is 32.2. The Hall–Kier alpha value is -1.56. The predicted octanol–water partition coefficient (Wildman–Crippen LogP) is 11.5. The Balaban J connectivity index is 2.25. The van der Waals surface area contributed by atoms with Gasteiger partial charge in [-0.05, 0) is 38.5 Å². The molecule has 10 nitrogen and oxygen atoms in total. The molecule has 1 aliphatic rings. The molecule has 1 heterocycles. The van der Waals surface area contributed by atoms with Crippen molar-refractivity contribution in [2.75, 3.05) is 19.8 Å². The van der Waals surface area contributed by atoms with E-state index in [4.69, 9.17) is 18.9 Å². The van der Waals surface area contributed by atoms with Gasteiger partial charge in [0.25, 0.3) is 0 Å². The minimum absolute atomic E-state index is 0.214. The maximum Gasteiger partial charge on any atom is 0.306 e. The first-order valence-electron chi connectivity index (χ1n) is 25.3. The number of aliphatic hydroxyl groups is 4. The van der Waals surface area contributed by atoms with Gasteiger partial charge < -0.3 is 39.4 Å². The Morgan fingerprint density at radius 1 is 0.500 bits per heavy atom. The number of hydrogen-bond acceptors (Lipinski definition) is 10. The number of ether oxygens (including phenoxy) is 4. The Labute approximate surface area is 367 Å². The van der Waals surface area contributed by atoms with Crippen LogP contribution in [0.3, 0.4) is 0 Å². The number of esters is 2. The van der Waals surface area contributed by atoms with E-state index >= 15 is 0 Å². The molecule has 0 spiro atoms. The zero-order valence-electron chi connectivity index (χ0n) is 38.7. The second-order valence-corrected chi connectivity index (χ2v) is 17.6. The van der Waals surface area contributed by atoms with Crippen LogP contribution >= 0.6 is 0 Å². The average molecular weight is 855 g/mol. The molecule has 354 valence electrons. The monoisotopic (exact) mass is 855 g/mol. The highest BCUT2D eigenvalue weighted by Gasteiger charge is 2.44. The van der Waals surface area contributed by atoms with Crippen molar-refractivity contribution in [1.29, 1.82) is 0 Å². The molecule has 10 heteroatoms. The molecule has 1 aliphatic heterocycles. The van der Waals surface area contributed by atoms with Gasteiger partial charge in [-0.1, -0.05) is 199 Å². The predicted molar refractivity (Wildman–Crippen MR) is 243 cm³/mol. The summed E-state index contributed by atoms with van der Waals surface area (Å²) in [6.45, 7) is 3.45. The lowest BCUT2D eigenvalue weighted by molar-refractivity contribution is -0.305. The highest BCUT2D eigenvalue weighted by atomic mass is 16.7. The molecule has 0 radical (unpaired) electrons. The minimum Gasteiger partial charge on any atom is -0.462 e. The molecule has 0 aromatic carbocycles. The Bertz CT molecular complexity index is 990. The van der Waals surface area contributed by atoms with E-state index in [1.165, 1.54) is 154 Å². The summed E-state index contributed by atoms with van der Waals surface area (Å²) in [5.74, 6) is -0.797. The number of rotatable bonds is 43. The average Bonchev–Trinajstić information content (AvgIpc) is 3.25. The number of hydrogen-bond donors (Lipinski definition) is 4. The minimum atomic E-state index is -1.59. The molecule has 0 amide bonds. The van der Waals surface area contributed by atoms with E-state index in [1.807, 2.05) is 0 Å². The van der Waals surface area contributed by atoms with Gasteiger partial charge in [0.1, 0.15) is 31.0 Å². The first-order chi connectivity index (χ1) is 29.3. The van der Waals surface area contributed by atoms with Gasteiger partial charge in [0.05, 0.1) is 13.2 Å². The van der Waals surface area contributed by atoms with Crippen LogP contribution in [0.5, 0.6) is 0 Å². The summed E-state index contributed by atoms with van der Waals surface area (Å²) in [5.41, 5.74) is 0. The van der Waals surface area contributed by atoms with Crippen molar-refractivity contribution in [3.63, 3.8) is 0 Å². The molecule has 4 N–H and O–H groups in total. The van der Waals surface area contributed by atoms with Gasteiger partial charge in [-0.2, -0.15) is 0 Å². The molecule has 1 fully saturated rings. The van der Waals surface area contributed by atoms with E-state index in [9.17, 15) is 30.0 Å². The standard InChI is InChI=1S/C50H94O10/c1-3-5-7-9-11-13-15-17-19-20-21-22-23-25-27-29-31-33-35-37-39-46(53)59-43(42-58-50-49(56)48(55)47(54)44(40-51)60-50)41-57-45(52)38-36-34-32-30-28-26-24-18-16-14-12-10-8-6-4-2/h14,16,43-44,47-51,54-56H,3-13,15,17-42H2,1-2H3/b16-14+/t43-,44-,47+,48?,49?,50-/m1/s1. The fraction of sp³-hybridized carbons (Fsp3) is 0.920. The summed E-state index contributed by atoms with van der Waals surface area (Å²) >= 11 is 0. The molecule has 0 bridgehead atoms. The van der Waals surface area contributed by atoms with E-state index in [0.29, 0.717) is 6.42 Å². The summed E-state index contributed by atoms with van der Waals surface area (Å²) in [5, 5.41) is 40.2. The number of unbranched alkanes of at least 4 members (excludes halogenated alkanes) is 30. The number of aliphatic hydroxyl groups excluding tert-OH is 4. The lowest BCUT2D eigenvalue weighted by Crippen LogP contribution is -2.59. The number of carbonyl (C=O) groups excluding carboxylic acids is 2. The highest BCUT2D eigenvalue weighted by molar-refractivity contribution is 5.70. The van der Waals surface area contributed by atoms with Gasteiger partial charge >= 0.3 is 11.9 Å². The molecule has 0 aliphatic carbocycles. The van der Waals surface area contributed by atoms with Gasteiger partial charge in [0, 0.05) is 12.8 Å². The topological polar surface area (TPSA) is 152 Å². The van der Waals surface area contributed by atoms with Crippen LogP contribution in [0.1, 0.15) is 239 Å². The molecule has 6 atom stereocenters. The molecule has 1 rings (SSSR count). The molecule has 0 aromatic heterocycles. The number of carbonyl (C=O) groups is 2. The summed E-state index contributed by atoms with van der Waals surface area (Å²) in [4.78, 5) is 25.4. The van der Waals surface area contributed by atoms with Crippen LogP contribution in [0.4, 0.5) is 0 Å². The smallest absolute Gasteiger partial charge is 0.306 e. The van der Waals surface area contributed by atoms with E-state index in [-0.39, 0.29) is 32.0 Å². The highest BCUT2D eigenvalue weighted by Crippen LogP contribution is 2.23. The van der Waals surface area contributed by atoms with E-state index in [0.717, 1.165) is 51.4 Å². The molecule has 1 saturated heterocycles. The third-order valence-electron chi connectivity index (χ3n) is 11.9. The Morgan fingerprint density at radius 2 is 0.883 bits per heavy atom. The largest absolute Gasteiger partial charge is 0.462 e. The molecule has 2 unspecified atom stereocenters. The van der Waals surface area contributed by atoms with Crippen LogP contribution in [-0.2, 0) is 28.5 Å². The summed E-state index contributed by atoms with van der Waals surface area (Å²) < 4.78 is 22.2. The maximum absolute atomic E-state index is 12.8. The van der Waals surface area contributed by atoms with Crippen LogP contribution in [0.2, 0.25) is 0 Å². The summed E-state index contributed by atoms with van der Waals surface area (Å²) in [7, 11) is 0. The van der Waals surface area contributed by atoms with Gasteiger partial charge in [0.2, 0.25) is 0 Å². The van der Waals surface area contributed by atoms with Crippen LogP contribution in [0.25, 0.3) is 0 Å². The second kappa shape index (κ2) is 41.5. The van der Waals surface area contributed by atoms with Crippen molar-refractivity contribution in [3.8, 4) is 0 Å². The first-order valence-corrected chi connectivity index (χ1v) is 25.3. The van der Waals surface area contributed by atoms with Crippen LogP contribution in [0.15, 0.2) is 12.2 Å². The van der Waals surface area contributed by atoms with Crippen LogP contribution in [-0.4, -0.2) is 89.0 Å². The van der Waals surface area contributed by atoms with Gasteiger partial charge in [0.15, 0.2) is 12.4 Å². The van der Waals surface area contributed by atoms with Crippen molar-refractivity contribution in [2.24, 2.45) is 0 Å². The fourth-order valence-electron chi connectivity index (χ4n) is 7.89. The first kappa shape index (κ1) is 56.5. The fourth-order valence-corrected chi connectivity index (χ4v) is 7.89. The molecular formula is C50H94O10. The Kier molecular flexibility index (Phi) is 39.0. The zero-order valence-corrected chi connectivity index (χ0v) is 38.7. The molecule has 0 aromatic rings. The second-order valence-electron chi connectivity index (χ2n) is 17.6. The number of allylic oxidation sites excluding steroid dienone is 2. The van der Waals surface area contributed by atoms with Crippen molar-refractivity contribution in [1.82, 2.24) is 0 Å².